The average Bonchev–Trinajstić information content (AvgIpc) is 3.20. The number of piperidine rings is 1. The highest BCUT2D eigenvalue weighted by molar-refractivity contribution is 7.99. The van der Waals surface area contributed by atoms with Crippen LogP contribution in [0.15, 0.2) is 47.8 Å². The minimum absolute atomic E-state index is 0.0789. The SMILES string of the molecule is Cn1c(SCCCN2C[C@H]3CC3(c3ccc(C(F)(F)F)nc3)C2)nnc1-c1ccc(C(F)(F)F)cc1. The minimum atomic E-state index is -4.43. The van der Waals surface area contributed by atoms with E-state index < -0.39 is 23.6 Å². The summed E-state index contributed by atoms with van der Waals surface area (Å²) in [6, 6.07) is 7.48. The van der Waals surface area contributed by atoms with Crippen molar-refractivity contribution >= 4 is 11.8 Å². The molecule has 1 saturated carbocycles. The molecule has 2 aliphatic rings. The van der Waals surface area contributed by atoms with Crippen molar-refractivity contribution in [2.75, 3.05) is 25.4 Å². The van der Waals surface area contributed by atoms with Crippen molar-refractivity contribution in [3.05, 3.63) is 59.4 Å². The second kappa shape index (κ2) is 9.05. The Morgan fingerprint density at radius 2 is 1.75 bits per heavy atom. The van der Waals surface area contributed by atoms with Crippen molar-refractivity contribution in [3.63, 3.8) is 0 Å². The second-order valence-corrected chi connectivity index (χ2v) is 10.4. The Kier molecular flexibility index (Phi) is 6.30. The van der Waals surface area contributed by atoms with E-state index in [1.165, 1.54) is 30.1 Å². The highest BCUT2D eigenvalue weighted by Crippen LogP contribution is 2.59. The van der Waals surface area contributed by atoms with Crippen LogP contribution >= 0.6 is 11.8 Å². The van der Waals surface area contributed by atoms with Gasteiger partial charge in [0, 0.05) is 43.1 Å². The zero-order valence-electron chi connectivity index (χ0n) is 19.3. The highest BCUT2D eigenvalue weighted by atomic mass is 32.2. The van der Waals surface area contributed by atoms with E-state index in [1.807, 2.05) is 0 Å². The van der Waals surface area contributed by atoms with E-state index in [9.17, 15) is 26.3 Å². The molecule has 2 atom stereocenters. The number of hydrogen-bond donors (Lipinski definition) is 0. The van der Waals surface area contributed by atoms with Gasteiger partial charge in [0.1, 0.15) is 5.69 Å². The first-order valence-corrected chi connectivity index (χ1v) is 12.4. The lowest BCUT2D eigenvalue weighted by Crippen LogP contribution is -2.28. The number of alkyl halides is 6. The summed E-state index contributed by atoms with van der Waals surface area (Å²) in [5.74, 6) is 1.74. The molecule has 5 nitrogen and oxygen atoms in total. The summed E-state index contributed by atoms with van der Waals surface area (Å²) < 4.78 is 78.6. The summed E-state index contributed by atoms with van der Waals surface area (Å²) in [7, 11) is 1.78. The van der Waals surface area contributed by atoms with Gasteiger partial charge in [-0.1, -0.05) is 30.0 Å². The smallest absolute Gasteiger partial charge is 0.305 e. The fraction of sp³-hybridized carbons (Fsp3) is 0.458. The number of likely N-dealkylation sites (tertiary alicyclic amines) is 1. The molecule has 0 amide bonds. The number of rotatable bonds is 7. The van der Waals surface area contributed by atoms with Crippen LogP contribution < -0.4 is 0 Å². The maximum absolute atomic E-state index is 12.8. The van der Waals surface area contributed by atoms with Crippen LogP contribution in [0.1, 0.15) is 29.7 Å². The molecule has 1 saturated heterocycles. The Balaban J connectivity index is 1.12. The zero-order valence-corrected chi connectivity index (χ0v) is 20.1. The molecule has 1 aliphatic heterocycles. The lowest BCUT2D eigenvalue weighted by Gasteiger charge is -2.21. The number of thioether (sulfide) groups is 1. The Morgan fingerprint density at radius 3 is 2.39 bits per heavy atom. The van der Waals surface area contributed by atoms with E-state index >= 15 is 0 Å². The van der Waals surface area contributed by atoms with Gasteiger partial charge in [0.05, 0.1) is 5.56 Å². The predicted octanol–water partition coefficient (Wildman–Crippen LogP) is 5.67. The maximum Gasteiger partial charge on any atom is 0.433 e. The summed E-state index contributed by atoms with van der Waals surface area (Å²) in [6.45, 7) is 2.61. The molecule has 0 bridgehead atoms. The van der Waals surface area contributed by atoms with Crippen LogP contribution in [0, 0.1) is 5.92 Å². The van der Waals surface area contributed by atoms with Gasteiger partial charge < -0.3 is 9.47 Å². The maximum atomic E-state index is 12.8. The van der Waals surface area contributed by atoms with Crippen LogP contribution in [-0.2, 0) is 24.8 Å². The van der Waals surface area contributed by atoms with E-state index in [0.717, 1.165) is 62.0 Å². The molecule has 1 aromatic carbocycles. The van der Waals surface area contributed by atoms with E-state index in [2.05, 4.69) is 20.1 Å². The van der Waals surface area contributed by atoms with Crippen molar-refractivity contribution in [2.24, 2.45) is 13.0 Å². The van der Waals surface area contributed by atoms with E-state index in [4.69, 9.17) is 0 Å². The van der Waals surface area contributed by atoms with Gasteiger partial charge in [-0.05, 0) is 49.1 Å². The Morgan fingerprint density at radius 1 is 1.00 bits per heavy atom. The molecule has 3 aromatic rings. The molecule has 2 fully saturated rings. The van der Waals surface area contributed by atoms with Crippen LogP contribution in [0.25, 0.3) is 11.4 Å². The summed E-state index contributed by atoms with van der Waals surface area (Å²) >= 11 is 1.53. The van der Waals surface area contributed by atoms with Crippen molar-refractivity contribution in [2.45, 2.75) is 35.8 Å². The van der Waals surface area contributed by atoms with Crippen LogP contribution in [0.5, 0.6) is 0 Å². The fourth-order valence-electron chi connectivity index (χ4n) is 5.01. The molecule has 0 N–H and O–H groups in total. The van der Waals surface area contributed by atoms with Gasteiger partial charge in [-0.2, -0.15) is 26.3 Å². The molecule has 2 aromatic heterocycles. The number of fused-ring (bicyclic) bond motifs is 1. The van der Waals surface area contributed by atoms with Crippen molar-refractivity contribution < 1.29 is 26.3 Å². The molecule has 0 radical (unpaired) electrons. The third-order valence-electron chi connectivity index (χ3n) is 7.00. The summed E-state index contributed by atoms with van der Waals surface area (Å²) in [5.41, 5.74) is -0.211. The molecule has 12 heteroatoms. The normalized spacial score (nSPS) is 22.1. The first-order valence-electron chi connectivity index (χ1n) is 11.4. The van der Waals surface area contributed by atoms with Crippen LogP contribution in [0.3, 0.4) is 0 Å². The Bertz CT molecular complexity index is 1220. The number of pyridine rings is 1. The first kappa shape index (κ1) is 25.1. The lowest BCUT2D eigenvalue weighted by atomic mass is 9.96. The third kappa shape index (κ3) is 4.84. The number of benzene rings is 1. The minimum Gasteiger partial charge on any atom is -0.305 e. The number of nitrogens with zero attached hydrogens (tertiary/aromatic N) is 5. The van der Waals surface area contributed by atoms with Gasteiger partial charge in [-0.25, -0.2) is 0 Å². The van der Waals surface area contributed by atoms with Gasteiger partial charge in [0.15, 0.2) is 11.0 Å². The van der Waals surface area contributed by atoms with Gasteiger partial charge in [0.25, 0.3) is 0 Å². The number of halogens is 6. The van der Waals surface area contributed by atoms with Gasteiger partial charge in [0.2, 0.25) is 0 Å². The van der Waals surface area contributed by atoms with E-state index in [-0.39, 0.29) is 5.41 Å². The molecular formula is C24H23F6N5S. The monoisotopic (exact) mass is 527 g/mol. The van der Waals surface area contributed by atoms with Crippen molar-refractivity contribution in [1.29, 1.82) is 0 Å². The van der Waals surface area contributed by atoms with Gasteiger partial charge in [-0.3, -0.25) is 4.98 Å². The standard InChI is InChI=1S/C24H23F6N5S/c1-34-20(15-3-5-16(6-4-15)23(25,26)27)32-33-21(34)36-10-2-9-35-13-18-11-22(18,14-35)17-7-8-19(31-12-17)24(28,29)30/h3-8,12,18H,2,9-11,13-14H2,1H3/t18-,22?/m1/s1. The lowest BCUT2D eigenvalue weighted by molar-refractivity contribution is -0.141. The van der Waals surface area contributed by atoms with Crippen molar-refractivity contribution in [1.82, 2.24) is 24.6 Å². The predicted molar refractivity (Wildman–Crippen MR) is 122 cm³/mol. The second-order valence-electron chi connectivity index (χ2n) is 9.36. The quantitative estimate of drug-likeness (QED) is 0.225. The van der Waals surface area contributed by atoms with Crippen molar-refractivity contribution in [3.8, 4) is 11.4 Å². The van der Waals surface area contributed by atoms with E-state index in [1.54, 1.807) is 17.7 Å². The Hall–Kier alpha value is -2.60. The molecule has 192 valence electrons. The van der Waals surface area contributed by atoms with Gasteiger partial charge >= 0.3 is 12.4 Å². The molecule has 1 unspecified atom stereocenters. The van der Waals surface area contributed by atoms with Crippen LogP contribution in [0.2, 0.25) is 0 Å². The van der Waals surface area contributed by atoms with Crippen LogP contribution in [-0.4, -0.2) is 50.0 Å². The molecule has 0 spiro atoms. The topological polar surface area (TPSA) is 46.8 Å². The molecule has 3 heterocycles. The van der Waals surface area contributed by atoms with Gasteiger partial charge in [-0.15, -0.1) is 10.2 Å². The average molecular weight is 528 g/mol. The Labute approximate surface area is 207 Å². The zero-order chi connectivity index (χ0) is 25.7. The highest BCUT2D eigenvalue weighted by Gasteiger charge is 2.60. The summed E-state index contributed by atoms with van der Waals surface area (Å²) in [4.78, 5) is 5.98. The van der Waals surface area contributed by atoms with Crippen LogP contribution in [0.4, 0.5) is 26.3 Å². The summed E-state index contributed by atoms with van der Waals surface area (Å²) in [5, 5.41) is 9.00. The number of aromatic nitrogens is 4. The number of hydrogen-bond acceptors (Lipinski definition) is 5. The molecule has 36 heavy (non-hydrogen) atoms. The summed E-state index contributed by atoms with van der Waals surface area (Å²) in [6.07, 6.45) is -5.56. The third-order valence-corrected chi connectivity index (χ3v) is 8.11. The fourth-order valence-corrected chi connectivity index (χ4v) is 5.85. The molecule has 1 aliphatic carbocycles. The largest absolute Gasteiger partial charge is 0.433 e. The molecule has 5 rings (SSSR count). The van der Waals surface area contributed by atoms with E-state index in [0.29, 0.717) is 22.5 Å². The first-order chi connectivity index (χ1) is 17.0. The molecular weight excluding hydrogens is 504 g/mol.